The number of aromatic amines is 1. The highest BCUT2D eigenvalue weighted by Gasteiger charge is 2.23. The zero-order chi connectivity index (χ0) is 27.7. The van der Waals surface area contributed by atoms with Crippen molar-refractivity contribution in [3.8, 4) is 28.3 Å². The van der Waals surface area contributed by atoms with Gasteiger partial charge in [-0.1, -0.05) is 18.2 Å². The highest BCUT2D eigenvalue weighted by atomic mass is 31.2. The summed E-state index contributed by atoms with van der Waals surface area (Å²) in [5.41, 5.74) is 4.26. The fraction of sp³-hybridized carbons (Fsp3) is 0.333. The van der Waals surface area contributed by atoms with Crippen LogP contribution in [0.4, 0.5) is 10.1 Å². The summed E-state index contributed by atoms with van der Waals surface area (Å²) in [5.74, 6) is 0.107. The van der Waals surface area contributed by atoms with Crippen LogP contribution in [0.5, 0.6) is 5.75 Å². The fourth-order valence-electron chi connectivity index (χ4n) is 4.92. The van der Waals surface area contributed by atoms with Crippen molar-refractivity contribution in [1.82, 2.24) is 15.2 Å². The molecular weight excluding hydrogens is 542 g/mol. The molecule has 0 saturated carbocycles. The maximum Gasteiger partial charge on any atom is 0.350 e. The number of aromatic nitrogens is 3. The molecular formula is C27H28FN4O7P. The van der Waals surface area contributed by atoms with Gasteiger partial charge in [0.2, 0.25) is 0 Å². The monoisotopic (exact) mass is 570 g/mol. The number of nitrogens with zero attached hydrogens (tertiary/aromatic N) is 3. The standard InChI is InChI=1S/C27H28FN4O7P/c28-21-3-1-2-18-13-37-14-19(39-16-40(33,34)35)15-38-25-10-17(4-5-24(25)32-6-8-36-9-7-32)27-20-11-22(26(18)21)29-12-23(20)30-31-27/h1-5,10-12,19H,6-9,13-16H2,(H,30,31)(H2,33,34,35)/t19-/m0/s1. The first-order valence-electron chi connectivity index (χ1n) is 12.8. The average molecular weight is 571 g/mol. The van der Waals surface area contributed by atoms with Gasteiger partial charge in [-0.25, -0.2) is 4.39 Å². The van der Waals surface area contributed by atoms with Crippen LogP contribution in [-0.4, -0.2) is 76.9 Å². The van der Waals surface area contributed by atoms with Gasteiger partial charge in [-0.2, -0.15) is 5.10 Å². The number of pyridine rings is 1. The number of hydrogen-bond donors (Lipinski definition) is 3. The Morgan fingerprint density at radius 1 is 1.12 bits per heavy atom. The Labute approximate surface area is 229 Å². The topological polar surface area (TPSA) is 139 Å². The molecule has 3 N–H and O–H groups in total. The van der Waals surface area contributed by atoms with Gasteiger partial charge in [0.05, 0.1) is 49.5 Å². The Hall–Kier alpha value is -3.38. The summed E-state index contributed by atoms with van der Waals surface area (Å²) in [5, 5.41) is 8.30. The third kappa shape index (κ3) is 5.73. The van der Waals surface area contributed by atoms with E-state index < -0.39 is 25.9 Å². The van der Waals surface area contributed by atoms with E-state index in [9.17, 15) is 14.4 Å². The van der Waals surface area contributed by atoms with E-state index >= 15 is 4.39 Å². The van der Waals surface area contributed by atoms with Crippen molar-refractivity contribution in [3.63, 3.8) is 0 Å². The van der Waals surface area contributed by atoms with Gasteiger partial charge in [0.1, 0.15) is 36.3 Å². The number of anilines is 1. The van der Waals surface area contributed by atoms with E-state index in [0.29, 0.717) is 60.1 Å². The molecule has 40 heavy (non-hydrogen) atoms. The van der Waals surface area contributed by atoms with E-state index in [-0.39, 0.29) is 19.8 Å². The Bertz CT molecular complexity index is 1570. The van der Waals surface area contributed by atoms with Gasteiger partial charge in [-0.3, -0.25) is 14.6 Å². The van der Waals surface area contributed by atoms with Crippen LogP contribution in [-0.2, 0) is 25.4 Å². The molecule has 2 aliphatic heterocycles. The number of halogens is 1. The highest BCUT2D eigenvalue weighted by Crippen LogP contribution is 2.38. The Morgan fingerprint density at radius 2 is 1.98 bits per heavy atom. The van der Waals surface area contributed by atoms with Crippen molar-refractivity contribution in [2.45, 2.75) is 12.7 Å². The van der Waals surface area contributed by atoms with Gasteiger partial charge in [0, 0.05) is 29.6 Å². The minimum Gasteiger partial charge on any atom is -0.489 e. The molecule has 0 aliphatic carbocycles. The van der Waals surface area contributed by atoms with Gasteiger partial charge >= 0.3 is 7.60 Å². The number of hydrogen-bond acceptors (Lipinski definition) is 8. The molecule has 0 radical (unpaired) electrons. The molecule has 0 unspecified atom stereocenters. The van der Waals surface area contributed by atoms with E-state index in [2.05, 4.69) is 20.1 Å². The molecule has 2 aliphatic rings. The first-order chi connectivity index (χ1) is 19.4. The lowest BCUT2D eigenvalue weighted by Gasteiger charge is -2.31. The van der Waals surface area contributed by atoms with Crippen LogP contribution in [0.1, 0.15) is 5.56 Å². The van der Waals surface area contributed by atoms with Crippen LogP contribution >= 0.6 is 7.60 Å². The summed E-state index contributed by atoms with van der Waals surface area (Å²) in [6.45, 7) is 2.47. The normalized spacial score (nSPS) is 18.2. The van der Waals surface area contributed by atoms with Crippen LogP contribution in [0.15, 0.2) is 48.7 Å². The van der Waals surface area contributed by atoms with E-state index in [0.717, 1.165) is 16.6 Å². The molecule has 2 aromatic heterocycles. The van der Waals surface area contributed by atoms with E-state index in [4.69, 9.17) is 18.9 Å². The van der Waals surface area contributed by atoms with Crippen molar-refractivity contribution in [1.29, 1.82) is 0 Å². The molecule has 1 fully saturated rings. The predicted molar refractivity (Wildman–Crippen MR) is 145 cm³/mol. The summed E-state index contributed by atoms with van der Waals surface area (Å²) in [4.78, 5) is 25.4. The maximum absolute atomic E-state index is 15.2. The summed E-state index contributed by atoms with van der Waals surface area (Å²) in [6, 6.07) is 12.3. The Kier molecular flexibility index (Phi) is 7.54. The zero-order valence-corrected chi connectivity index (χ0v) is 22.3. The third-order valence-electron chi connectivity index (χ3n) is 6.85. The van der Waals surface area contributed by atoms with Gasteiger partial charge in [-0.15, -0.1) is 0 Å². The number of morpholine rings is 1. The second-order valence-corrected chi connectivity index (χ2v) is 11.2. The second kappa shape index (κ2) is 11.2. The van der Waals surface area contributed by atoms with Crippen molar-refractivity contribution in [2.75, 3.05) is 50.8 Å². The largest absolute Gasteiger partial charge is 0.489 e. The van der Waals surface area contributed by atoms with Crippen molar-refractivity contribution < 1.29 is 37.7 Å². The Balaban J connectivity index is 1.46. The molecule has 4 bridgehead atoms. The average Bonchev–Trinajstić information content (AvgIpc) is 3.37. The quantitative estimate of drug-likeness (QED) is 0.311. The lowest BCUT2D eigenvalue weighted by molar-refractivity contribution is -0.0301. The van der Waals surface area contributed by atoms with Crippen LogP contribution < -0.4 is 9.64 Å². The van der Waals surface area contributed by atoms with Gasteiger partial charge in [-0.05, 0) is 29.8 Å². The molecule has 6 rings (SSSR count). The first kappa shape index (κ1) is 26.8. The van der Waals surface area contributed by atoms with Crippen LogP contribution in [0.2, 0.25) is 0 Å². The molecule has 0 amide bonds. The second-order valence-electron chi connectivity index (χ2n) is 9.65. The molecule has 4 heterocycles. The zero-order valence-electron chi connectivity index (χ0n) is 21.5. The number of rotatable bonds is 4. The number of nitrogens with one attached hydrogen (secondary N) is 1. The van der Waals surface area contributed by atoms with Crippen molar-refractivity contribution in [2.24, 2.45) is 0 Å². The molecule has 0 spiro atoms. The fourth-order valence-corrected chi connectivity index (χ4v) is 5.33. The number of benzene rings is 2. The van der Waals surface area contributed by atoms with Crippen LogP contribution in [0.25, 0.3) is 33.4 Å². The van der Waals surface area contributed by atoms with Crippen LogP contribution in [0.3, 0.4) is 0 Å². The third-order valence-corrected chi connectivity index (χ3v) is 7.34. The molecule has 210 valence electrons. The summed E-state index contributed by atoms with van der Waals surface area (Å²) >= 11 is 0. The number of ether oxygens (including phenoxy) is 4. The minimum atomic E-state index is -4.44. The van der Waals surface area contributed by atoms with Crippen LogP contribution in [0, 0.1) is 5.82 Å². The number of H-pyrrole nitrogens is 1. The molecule has 1 atom stereocenters. The van der Waals surface area contributed by atoms with Crippen molar-refractivity contribution >= 4 is 24.2 Å². The molecule has 13 heteroatoms. The Morgan fingerprint density at radius 3 is 2.80 bits per heavy atom. The molecule has 4 aromatic rings. The highest BCUT2D eigenvalue weighted by molar-refractivity contribution is 7.51. The van der Waals surface area contributed by atoms with Gasteiger partial charge in [0.25, 0.3) is 0 Å². The molecule has 11 nitrogen and oxygen atoms in total. The van der Waals surface area contributed by atoms with Gasteiger partial charge < -0.3 is 33.6 Å². The van der Waals surface area contributed by atoms with E-state index in [1.54, 1.807) is 24.4 Å². The van der Waals surface area contributed by atoms with E-state index in [1.165, 1.54) is 6.07 Å². The van der Waals surface area contributed by atoms with Gasteiger partial charge in [0.15, 0.2) is 0 Å². The molecule has 1 saturated heterocycles. The summed E-state index contributed by atoms with van der Waals surface area (Å²) in [7, 11) is -4.44. The first-order valence-corrected chi connectivity index (χ1v) is 14.6. The predicted octanol–water partition coefficient (Wildman–Crippen LogP) is 3.70. The van der Waals surface area contributed by atoms with E-state index in [1.807, 2.05) is 18.2 Å². The summed E-state index contributed by atoms with van der Waals surface area (Å²) in [6.07, 6.45) is 0.0293. The number of fused-ring (bicyclic) bond motifs is 6. The summed E-state index contributed by atoms with van der Waals surface area (Å²) < 4.78 is 49.9. The lowest BCUT2D eigenvalue weighted by Crippen LogP contribution is -2.36. The lowest BCUT2D eigenvalue weighted by atomic mass is 10.0. The SMILES string of the molecule is O=P(O)(O)CO[C@H]1COCc2cccc(F)c2-c2cc3c(n[nH]c3cn2)-c2ccc(N3CCOCC3)c(c2)OC1. The maximum atomic E-state index is 15.2. The smallest absolute Gasteiger partial charge is 0.350 e. The minimum absolute atomic E-state index is 0.0214. The molecule has 2 aromatic carbocycles. The van der Waals surface area contributed by atoms with Crippen molar-refractivity contribution in [3.05, 3.63) is 60.0 Å².